The maximum absolute atomic E-state index is 14.0. The topological polar surface area (TPSA) is 78.5 Å². The van der Waals surface area contributed by atoms with Gasteiger partial charge in [0.05, 0.1) is 22.9 Å². The van der Waals surface area contributed by atoms with Gasteiger partial charge >= 0.3 is 0 Å². The number of nitrogens with zero attached hydrogens (tertiary/aromatic N) is 3. The molecule has 0 aliphatic carbocycles. The van der Waals surface area contributed by atoms with Crippen molar-refractivity contribution in [3.05, 3.63) is 65.4 Å². The van der Waals surface area contributed by atoms with E-state index in [1.165, 1.54) is 18.2 Å². The summed E-state index contributed by atoms with van der Waals surface area (Å²) in [7, 11) is 0. The van der Waals surface area contributed by atoms with Crippen LogP contribution in [0.15, 0.2) is 48.8 Å². The molecule has 26 heavy (non-hydrogen) atoms. The number of H-pyrrole nitrogens is 1. The number of nitrogens with one attached hydrogen (secondary N) is 3. The monoisotopic (exact) mass is 372 g/mol. The predicted octanol–water partition coefficient (Wildman–Crippen LogP) is 4.77. The van der Waals surface area contributed by atoms with E-state index in [1.54, 1.807) is 6.20 Å². The third-order valence-corrected chi connectivity index (χ3v) is 3.91. The minimum absolute atomic E-state index is 0.0622. The lowest BCUT2D eigenvalue weighted by atomic mass is 10.2. The van der Waals surface area contributed by atoms with Gasteiger partial charge in [0.2, 0.25) is 5.95 Å². The van der Waals surface area contributed by atoms with Crippen LogP contribution in [0.4, 0.5) is 31.9 Å². The van der Waals surface area contributed by atoms with Crippen LogP contribution in [0.2, 0.25) is 5.02 Å². The quantitative estimate of drug-likeness (QED) is 0.481. The number of hydrogen-bond donors (Lipinski definition) is 3. The van der Waals surface area contributed by atoms with Crippen LogP contribution in [0.25, 0.3) is 10.9 Å². The van der Waals surface area contributed by atoms with Gasteiger partial charge in [-0.15, -0.1) is 0 Å². The van der Waals surface area contributed by atoms with E-state index in [4.69, 9.17) is 11.6 Å². The summed E-state index contributed by atoms with van der Waals surface area (Å²) in [5.41, 5.74) is 1.96. The van der Waals surface area contributed by atoms with E-state index in [0.717, 1.165) is 17.1 Å². The fourth-order valence-electron chi connectivity index (χ4n) is 2.37. The van der Waals surface area contributed by atoms with Crippen LogP contribution in [0.5, 0.6) is 0 Å². The van der Waals surface area contributed by atoms with E-state index in [-0.39, 0.29) is 16.8 Å². The van der Waals surface area contributed by atoms with Crippen molar-refractivity contribution in [3.8, 4) is 0 Å². The number of aromatic amines is 1. The van der Waals surface area contributed by atoms with Crippen LogP contribution in [0.3, 0.4) is 0 Å². The fourth-order valence-corrected chi connectivity index (χ4v) is 2.55. The first-order chi connectivity index (χ1) is 12.6. The zero-order valence-electron chi connectivity index (χ0n) is 13.1. The lowest BCUT2D eigenvalue weighted by molar-refractivity contribution is 0.619. The Bertz CT molecular complexity index is 1100. The number of fused-ring (bicyclic) bond motifs is 1. The van der Waals surface area contributed by atoms with Gasteiger partial charge < -0.3 is 10.6 Å². The standard InChI is InChI=1S/C17H11ClF2N6/c18-12-5-10(3-4-13(12)19)23-16-14(20)8-21-17(25-16)24-11-2-1-9-7-22-26-15(9)6-11/h1-8H,(H,22,26)(H2,21,23,24,25). The van der Waals surface area contributed by atoms with E-state index in [1.807, 2.05) is 18.2 Å². The van der Waals surface area contributed by atoms with E-state index < -0.39 is 11.6 Å². The maximum Gasteiger partial charge on any atom is 0.229 e. The summed E-state index contributed by atoms with van der Waals surface area (Å²) >= 11 is 5.73. The van der Waals surface area contributed by atoms with Crippen LogP contribution in [-0.2, 0) is 0 Å². The lowest BCUT2D eigenvalue weighted by Gasteiger charge is -2.10. The lowest BCUT2D eigenvalue weighted by Crippen LogP contribution is -2.03. The molecule has 0 bridgehead atoms. The molecule has 0 saturated carbocycles. The summed E-state index contributed by atoms with van der Waals surface area (Å²) in [4.78, 5) is 8.04. The van der Waals surface area contributed by atoms with Crippen LogP contribution < -0.4 is 10.6 Å². The summed E-state index contributed by atoms with van der Waals surface area (Å²) in [6.45, 7) is 0. The summed E-state index contributed by atoms with van der Waals surface area (Å²) < 4.78 is 27.2. The van der Waals surface area contributed by atoms with Gasteiger partial charge in [0.25, 0.3) is 0 Å². The number of anilines is 4. The van der Waals surface area contributed by atoms with Crippen molar-refractivity contribution in [3.63, 3.8) is 0 Å². The first-order valence-electron chi connectivity index (χ1n) is 7.53. The second-order valence-electron chi connectivity index (χ2n) is 5.44. The Morgan fingerprint density at radius 2 is 1.73 bits per heavy atom. The molecule has 6 nitrogen and oxygen atoms in total. The van der Waals surface area contributed by atoms with Gasteiger partial charge in [-0.25, -0.2) is 13.8 Å². The molecular weight excluding hydrogens is 362 g/mol. The SMILES string of the molecule is Fc1ccc(Nc2nc(Nc3ccc4cn[nH]c4c3)ncc2F)cc1Cl. The van der Waals surface area contributed by atoms with Crippen LogP contribution in [0, 0.1) is 11.6 Å². The molecule has 2 heterocycles. The maximum atomic E-state index is 14.0. The Balaban J connectivity index is 1.59. The van der Waals surface area contributed by atoms with Gasteiger partial charge in [-0.1, -0.05) is 11.6 Å². The number of aromatic nitrogens is 4. The molecule has 4 aromatic rings. The highest BCUT2D eigenvalue weighted by Crippen LogP contribution is 2.25. The molecule has 0 aliphatic rings. The zero-order valence-corrected chi connectivity index (χ0v) is 13.9. The van der Waals surface area contributed by atoms with E-state index in [2.05, 4.69) is 30.8 Å². The van der Waals surface area contributed by atoms with Gasteiger partial charge in [-0.3, -0.25) is 5.10 Å². The van der Waals surface area contributed by atoms with E-state index >= 15 is 0 Å². The second-order valence-corrected chi connectivity index (χ2v) is 5.85. The first kappa shape index (κ1) is 16.2. The molecular formula is C17H11ClF2N6. The minimum Gasteiger partial charge on any atom is -0.338 e. The number of benzene rings is 2. The Kier molecular flexibility index (Phi) is 4.10. The highest BCUT2D eigenvalue weighted by Gasteiger charge is 2.09. The van der Waals surface area contributed by atoms with Gasteiger partial charge in [0, 0.05) is 16.8 Å². The predicted molar refractivity (Wildman–Crippen MR) is 96.1 cm³/mol. The normalized spacial score (nSPS) is 10.9. The van der Waals surface area contributed by atoms with Crippen LogP contribution >= 0.6 is 11.6 Å². The molecule has 2 aromatic carbocycles. The van der Waals surface area contributed by atoms with Gasteiger partial charge in [0.1, 0.15) is 5.82 Å². The average Bonchev–Trinajstić information content (AvgIpc) is 3.09. The van der Waals surface area contributed by atoms with Crippen molar-refractivity contribution in [2.45, 2.75) is 0 Å². The summed E-state index contributed by atoms with van der Waals surface area (Å²) in [6.07, 6.45) is 2.75. The molecule has 9 heteroatoms. The van der Waals surface area contributed by atoms with Gasteiger partial charge in [0.15, 0.2) is 11.6 Å². The molecule has 0 saturated heterocycles. The molecule has 3 N–H and O–H groups in total. The van der Waals surface area contributed by atoms with Crippen molar-refractivity contribution >= 4 is 45.6 Å². The second kappa shape index (κ2) is 6.57. The Morgan fingerprint density at radius 1 is 0.923 bits per heavy atom. The van der Waals surface area contributed by atoms with Gasteiger partial charge in [-0.05, 0) is 36.4 Å². The highest BCUT2D eigenvalue weighted by molar-refractivity contribution is 6.31. The highest BCUT2D eigenvalue weighted by atomic mass is 35.5. The van der Waals surface area contributed by atoms with Gasteiger partial charge in [-0.2, -0.15) is 10.1 Å². The summed E-state index contributed by atoms with van der Waals surface area (Å²) in [5.74, 6) is -1.08. The molecule has 4 rings (SSSR count). The number of rotatable bonds is 4. The molecule has 0 spiro atoms. The number of halogens is 3. The summed E-state index contributed by atoms with van der Waals surface area (Å²) in [5, 5.41) is 13.5. The molecule has 2 aromatic heterocycles. The molecule has 0 aliphatic heterocycles. The third kappa shape index (κ3) is 3.27. The van der Waals surface area contributed by atoms with Crippen molar-refractivity contribution < 1.29 is 8.78 Å². The Labute approximate surface area is 151 Å². The zero-order chi connectivity index (χ0) is 18.1. The molecule has 0 unspecified atom stereocenters. The largest absolute Gasteiger partial charge is 0.338 e. The van der Waals surface area contributed by atoms with E-state index in [9.17, 15) is 8.78 Å². The third-order valence-electron chi connectivity index (χ3n) is 3.62. The Hall–Kier alpha value is -3.26. The minimum atomic E-state index is -0.653. The molecule has 0 fully saturated rings. The van der Waals surface area contributed by atoms with Crippen LogP contribution in [-0.4, -0.2) is 20.2 Å². The van der Waals surface area contributed by atoms with Crippen molar-refractivity contribution in [2.75, 3.05) is 10.6 Å². The summed E-state index contributed by atoms with van der Waals surface area (Å²) in [6, 6.07) is 9.51. The van der Waals surface area contributed by atoms with E-state index in [0.29, 0.717) is 11.4 Å². The average molecular weight is 373 g/mol. The molecule has 0 atom stereocenters. The smallest absolute Gasteiger partial charge is 0.229 e. The van der Waals surface area contributed by atoms with Crippen molar-refractivity contribution in [2.24, 2.45) is 0 Å². The fraction of sp³-hybridized carbons (Fsp3) is 0. The molecule has 0 radical (unpaired) electrons. The molecule has 0 amide bonds. The van der Waals surface area contributed by atoms with Crippen LogP contribution in [0.1, 0.15) is 0 Å². The first-order valence-corrected chi connectivity index (χ1v) is 7.91. The van der Waals surface area contributed by atoms with Crippen molar-refractivity contribution in [1.29, 1.82) is 0 Å². The Morgan fingerprint density at radius 3 is 2.58 bits per heavy atom. The van der Waals surface area contributed by atoms with Crippen molar-refractivity contribution in [1.82, 2.24) is 20.2 Å². The molecule has 130 valence electrons. The number of hydrogen-bond acceptors (Lipinski definition) is 5.